The zero-order valence-electron chi connectivity index (χ0n) is 9.66. The predicted octanol–water partition coefficient (Wildman–Crippen LogP) is 2.63. The summed E-state index contributed by atoms with van der Waals surface area (Å²) in [5, 5.41) is 0. The summed E-state index contributed by atoms with van der Waals surface area (Å²) >= 11 is 0. The first-order valence-corrected chi connectivity index (χ1v) is 4.74. The Morgan fingerprint density at radius 1 is 1.07 bits per heavy atom. The number of hydrogen-bond acceptors (Lipinski definition) is 2. The van der Waals surface area contributed by atoms with Crippen LogP contribution >= 0.6 is 0 Å². The first-order valence-electron chi connectivity index (χ1n) is 4.74. The van der Waals surface area contributed by atoms with Gasteiger partial charge in [0.05, 0.1) is 13.2 Å². The highest BCUT2D eigenvalue weighted by atomic mass is 19.3. The van der Waals surface area contributed by atoms with Crippen molar-refractivity contribution >= 4 is 0 Å². The molecule has 0 rings (SSSR count). The van der Waals surface area contributed by atoms with Crippen LogP contribution in [0.4, 0.5) is 8.78 Å². The molecule has 2 nitrogen and oxygen atoms in total. The molecular weight excluding hydrogens is 188 g/mol. The average Bonchev–Trinajstić information content (AvgIpc) is 1.99. The van der Waals surface area contributed by atoms with Gasteiger partial charge in [0, 0.05) is 0 Å². The molecular formula is C10H21F2NO. The summed E-state index contributed by atoms with van der Waals surface area (Å²) in [6.07, 6.45) is -3.21. The molecule has 0 saturated carbocycles. The molecule has 0 amide bonds. The summed E-state index contributed by atoms with van der Waals surface area (Å²) in [7, 11) is 0. The summed E-state index contributed by atoms with van der Waals surface area (Å²) in [5.74, 6) is 0. The molecule has 0 bridgehead atoms. The molecule has 0 unspecified atom stereocenters. The lowest BCUT2D eigenvalue weighted by Crippen LogP contribution is -2.40. The molecule has 0 aliphatic rings. The third-order valence-corrected chi connectivity index (χ3v) is 2.91. The van der Waals surface area contributed by atoms with Crippen LogP contribution in [0.25, 0.3) is 0 Å². The molecule has 0 saturated heterocycles. The van der Waals surface area contributed by atoms with Gasteiger partial charge in [-0.05, 0) is 10.8 Å². The maximum absolute atomic E-state index is 12.7. The number of nitrogens with two attached hydrogens (primary N) is 1. The highest BCUT2D eigenvalue weighted by Gasteiger charge is 2.37. The minimum atomic E-state index is -3.21. The molecule has 0 radical (unpaired) electrons. The van der Waals surface area contributed by atoms with Crippen molar-refractivity contribution in [2.24, 2.45) is 16.6 Å². The van der Waals surface area contributed by atoms with E-state index in [1.54, 1.807) is 0 Å². The first kappa shape index (κ1) is 13.8. The minimum absolute atomic E-state index is 0.000694. The largest absolute Gasteiger partial charge is 0.367 e. The van der Waals surface area contributed by atoms with E-state index in [1.807, 2.05) is 34.6 Å². The van der Waals surface area contributed by atoms with Gasteiger partial charge in [-0.25, -0.2) is 0 Å². The minimum Gasteiger partial charge on any atom is -0.323 e. The highest BCUT2D eigenvalue weighted by Crippen LogP contribution is 2.38. The van der Waals surface area contributed by atoms with Crippen molar-refractivity contribution in [3.63, 3.8) is 0 Å². The van der Waals surface area contributed by atoms with Gasteiger partial charge in [-0.3, -0.25) is 0 Å². The average molecular weight is 209 g/mol. The van der Waals surface area contributed by atoms with Gasteiger partial charge in [0.1, 0.15) is 0 Å². The lowest BCUT2D eigenvalue weighted by molar-refractivity contribution is -0.248. The molecule has 0 fully saturated rings. The molecule has 2 N–H and O–H groups in total. The van der Waals surface area contributed by atoms with Crippen LogP contribution in [0.3, 0.4) is 0 Å². The van der Waals surface area contributed by atoms with Crippen LogP contribution in [-0.4, -0.2) is 19.3 Å². The van der Waals surface area contributed by atoms with Crippen molar-refractivity contribution in [2.75, 3.05) is 13.2 Å². The van der Waals surface area contributed by atoms with E-state index in [9.17, 15) is 8.78 Å². The zero-order chi connectivity index (χ0) is 11.6. The monoisotopic (exact) mass is 209 g/mol. The van der Waals surface area contributed by atoms with Crippen molar-refractivity contribution in [3.8, 4) is 0 Å². The molecule has 0 spiro atoms. The van der Waals surface area contributed by atoms with Gasteiger partial charge < -0.3 is 10.5 Å². The molecule has 0 aliphatic heterocycles. The van der Waals surface area contributed by atoms with Crippen LogP contribution in [-0.2, 0) is 4.74 Å². The van der Waals surface area contributed by atoms with Gasteiger partial charge in [-0.2, -0.15) is 8.78 Å². The second kappa shape index (κ2) is 4.11. The Bertz CT molecular complexity index is 185. The van der Waals surface area contributed by atoms with Gasteiger partial charge in [-0.15, -0.1) is 0 Å². The lowest BCUT2D eigenvalue weighted by atomic mass is 9.70. The Kier molecular flexibility index (Phi) is 4.04. The molecule has 0 atom stereocenters. The SMILES string of the molecule is CC(C)(C)C(C)(C)COC(F)(F)CN. The van der Waals surface area contributed by atoms with Crippen LogP contribution in [0.1, 0.15) is 34.6 Å². The van der Waals surface area contributed by atoms with Crippen molar-refractivity contribution in [2.45, 2.75) is 40.7 Å². The van der Waals surface area contributed by atoms with E-state index in [1.165, 1.54) is 0 Å². The van der Waals surface area contributed by atoms with E-state index in [4.69, 9.17) is 5.73 Å². The van der Waals surface area contributed by atoms with Crippen molar-refractivity contribution in [1.29, 1.82) is 0 Å². The lowest BCUT2D eigenvalue weighted by Gasteiger charge is -2.39. The number of rotatable bonds is 4. The fraction of sp³-hybridized carbons (Fsp3) is 1.00. The van der Waals surface area contributed by atoms with E-state index < -0.39 is 12.7 Å². The van der Waals surface area contributed by atoms with Crippen LogP contribution < -0.4 is 5.73 Å². The number of halogens is 2. The van der Waals surface area contributed by atoms with Gasteiger partial charge in [0.15, 0.2) is 0 Å². The molecule has 0 aliphatic carbocycles. The summed E-state index contributed by atoms with van der Waals surface area (Å²) in [6.45, 7) is 9.03. The molecule has 14 heavy (non-hydrogen) atoms. The van der Waals surface area contributed by atoms with Crippen LogP contribution in [0.2, 0.25) is 0 Å². The summed E-state index contributed by atoms with van der Waals surface area (Å²) < 4.78 is 30.0. The normalized spacial score (nSPS) is 14.6. The van der Waals surface area contributed by atoms with Crippen molar-refractivity contribution in [1.82, 2.24) is 0 Å². The van der Waals surface area contributed by atoms with E-state index >= 15 is 0 Å². The Balaban J connectivity index is 4.27. The third kappa shape index (κ3) is 3.88. The summed E-state index contributed by atoms with van der Waals surface area (Å²) in [5.41, 5.74) is 4.47. The van der Waals surface area contributed by atoms with E-state index in [0.717, 1.165) is 0 Å². The van der Waals surface area contributed by atoms with E-state index in [-0.39, 0.29) is 17.4 Å². The van der Waals surface area contributed by atoms with E-state index in [0.29, 0.717) is 0 Å². The van der Waals surface area contributed by atoms with Crippen molar-refractivity contribution < 1.29 is 13.5 Å². The standard InChI is InChI=1S/C10H21F2NO/c1-8(2,3)9(4,5)7-14-10(11,12)6-13/h6-7,13H2,1-5H3. The van der Waals surface area contributed by atoms with Gasteiger partial charge in [0.2, 0.25) is 0 Å². The topological polar surface area (TPSA) is 35.2 Å². The van der Waals surface area contributed by atoms with Gasteiger partial charge >= 0.3 is 6.11 Å². The first-order chi connectivity index (χ1) is 6.02. The van der Waals surface area contributed by atoms with Gasteiger partial charge in [-0.1, -0.05) is 34.6 Å². The smallest absolute Gasteiger partial charge is 0.323 e. The van der Waals surface area contributed by atoms with Crippen LogP contribution in [0.5, 0.6) is 0 Å². The second-order valence-corrected chi connectivity index (χ2v) is 5.26. The quantitative estimate of drug-likeness (QED) is 0.772. The second-order valence-electron chi connectivity index (χ2n) is 5.26. The fourth-order valence-electron chi connectivity index (χ4n) is 0.561. The Hall–Kier alpha value is -0.220. The molecule has 0 aromatic heterocycles. The number of alkyl halides is 2. The molecule has 0 heterocycles. The number of hydrogen-bond donors (Lipinski definition) is 1. The maximum atomic E-state index is 12.7. The van der Waals surface area contributed by atoms with Crippen LogP contribution in [0.15, 0.2) is 0 Å². The zero-order valence-corrected chi connectivity index (χ0v) is 9.66. The van der Waals surface area contributed by atoms with E-state index in [2.05, 4.69) is 4.74 Å². The Morgan fingerprint density at radius 2 is 1.50 bits per heavy atom. The van der Waals surface area contributed by atoms with Crippen LogP contribution in [0, 0.1) is 10.8 Å². The summed E-state index contributed by atoms with van der Waals surface area (Å²) in [4.78, 5) is 0. The predicted molar refractivity (Wildman–Crippen MR) is 53.2 cm³/mol. The summed E-state index contributed by atoms with van der Waals surface area (Å²) in [6, 6.07) is 0. The molecule has 0 aromatic carbocycles. The van der Waals surface area contributed by atoms with Crippen molar-refractivity contribution in [3.05, 3.63) is 0 Å². The molecule has 86 valence electrons. The van der Waals surface area contributed by atoms with Gasteiger partial charge in [0.25, 0.3) is 0 Å². The third-order valence-electron chi connectivity index (χ3n) is 2.91. The maximum Gasteiger partial charge on any atom is 0.367 e. The Morgan fingerprint density at radius 3 is 1.79 bits per heavy atom. The Labute approximate surface area is 84.8 Å². The highest BCUT2D eigenvalue weighted by molar-refractivity contribution is 4.82. The fourth-order valence-corrected chi connectivity index (χ4v) is 0.561. The molecule has 0 aromatic rings. The number of ether oxygens (including phenoxy) is 1. The molecule has 4 heteroatoms.